The highest BCUT2D eigenvalue weighted by Crippen LogP contribution is 2.33. The van der Waals surface area contributed by atoms with E-state index in [0.29, 0.717) is 6.10 Å². The van der Waals surface area contributed by atoms with Gasteiger partial charge in [-0.15, -0.1) is 0 Å². The quantitative estimate of drug-likeness (QED) is 0.849. The smallest absolute Gasteiger partial charge is 0.126 e. The fourth-order valence-corrected chi connectivity index (χ4v) is 2.56. The number of ether oxygens (including phenoxy) is 2. The minimum Gasteiger partial charge on any atom is -0.493 e. The van der Waals surface area contributed by atoms with Crippen molar-refractivity contribution in [3.05, 3.63) is 23.8 Å². The summed E-state index contributed by atoms with van der Waals surface area (Å²) in [7, 11) is 0. The van der Waals surface area contributed by atoms with Gasteiger partial charge in [0.15, 0.2) is 0 Å². The first kappa shape index (κ1) is 10.9. The van der Waals surface area contributed by atoms with Crippen molar-refractivity contribution in [2.75, 3.05) is 19.7 Å². The van der Waals surface area contributed by atoms with E-state index in [1.54, 1.807) is 0 Å². The summed E-state index contributed by atoms with van der Waals surface area (Å²) in [5, 5.41) is 3.36. The van der Waals surface area contributed by atoms with E-state index in [4.69, 9.17) is 9.47 Å². The van der Waals surface area contributed by atoms with E-state index in [0.717, 1.165) is 56.9 Å². The van der Waals surface area contributed by atoms with Crippen molar-refractivity contribution >= 4 is 0 Å². The topological polar surface area (TPSA) is 30.5 Å². The van der Waals surface area contributed by atoms with Gasteiger partial charge in [0.05, 0.1) is 6.61 Å². The Bertz CT molecular complexity index is 386. The van der Waals surface area contributed by atoms with Crippen molar-refractivity contribution in [1.29, 1.82) is 0 Å². The number of nitrogens with one attached hydrogen (secondary N) is 1. The number of piperidine rings is 1. The van der Waals surface area contributed by atoms with Crippen LogP contribution in [0.15, 0.2) is 18.2 Å². The van der Waals surface area contributed by atoms with E-state index < -0.39 is 0 Å². The summed E-state index contributed by atoms with van der Waals surface area (Å²) >= 11 is 0. The van der Waals surface area contributed by atoms with Crippen LogP contribution in [0, 0.1) is 0 Å². The van der Waals surface area contributed by atoms with Gasteiger partial charge in [-0.2, -0.15) is 0 Å². The van der Waals surface area contributed by atoms with Gasteiger partial charge in [-0.25, -0.2) is 0 Å². The van der Waals surface area contributed by atoms with Crippen LogP contribution in [0.2, 0.25) is 0 Å². The highest BCUT2D eigenvalue weighted by Gasteiger charge is 2.19. The molecule has 0 saturated carbocycles. The van der Waals surface area contributed by atoms with Crippen molar-refractivity contribution in [2.45, 2.75) is 31.8 Å². The Morgan fingerprint density at radius 3 is 3.00 bits per heavy atom. The Morgan fingerprint density at radius 1 is 1.24 bits per heavy atom. The molecule has 1 saturated heterocycles. The Balaban J connectivity index is 1.77. The summed E-state index contributed by atoms with van der Waals surface area (Å²) in [5.41, 5.74) is 1.26. The lowest BCUT2D eigenvalue weighted by atomic mass is 10.0. The average molecular weight is 233 g/mol. The summed E-state index contributed by atoms with van der Waals surface area (Å²) < 4.78 is 11.8. The van der Waals surface area contributed by atoms with E-state index in [1.165, 1.54) is 5.56 Å². The molecule has 0 spiro atoms. The minimum absolute atomic E-state index is 0.365. The minimum atomic E-state index is 0.365. The summed E-state index contributed by atoms with van der Waals surface area (Å²) in [6.45, 7) is 2.97. The lowest BCUT2D eigenvalue weighted by Gasteiger charge is -2.27. The number of hydrogen-bond donors (Lipinski definition) is 1. The Kier molecular flexibility index (Phi) is 3.18. The van der Waals surface area contributed by atoms with Crippen LogP contribution in [-0.4, -0.2) is 25.8 Å². The molecule has 2 heterocycles. The van der Waals surface area contributed by atoms with E-state index in [1.807, 2.05) is 12.1 Å². The average Bonchev–Trinajstić information content (AvgIpc) is 2.40. The fraction of sp³-hybridized carbons (Fsp3) is 0.571. The molecule has 3 heteroatoms. The van der Waals surface area contributed by atoms with Crippen LogP contribution in [0.3, 0.4) is 0 Å². The molecule has 3 rings (SSSR count). The highest BCUT2D eigenvalue weighted by atomic mass is 16.5. The van der Waals surface area contributed by atoms with E-state index in [9.17, 15) is 0 Å². The second-order valence-corrected chi connectivity index (χ2v) is 4.75. The van der Waals surface area contributed by atoms with Gasteiger partial charge >= 0.3 is 0 Å². The lowest BCUT2D eigenvalue weighted by molar-refractivity contribution is 0.158. The van der Waals surface area contributed by atoms with E-state index in [-0.39, 0.29) is 0 Å². The van der Waals surface area contributed by atoms with Gasteiger partial charge in [0.2, 0.25) is 0 Å². The van der Waals surface area contributed by atoms with Crippen molar-refractivity contribution in [2.24, 2.45) is 0 Å². The molecule has 92 valence electrons. The standard InChI is InChI=1S/C14H19NO2/c1-4-13-12(3-2-10-16-13)14(5-1)17-11-6-8-15-9-7-11/h1,4-5,11,15H,2-3,6-10H2. The number of fused-ring (bicyclic) bond motifs is 1. The van der Waals surface area contributed by atoms with Gasteiger partial charge in [-0.1, -0.05) is 6.07 Å². The third-order valence-corrected chi connectivity index (χ3v) is 3.50. The highest BCUT2D eigenvalue weighted by molar-refractivity contribution is 5.45. The number of rotatable bonds is 2. The lowest BCUT2D eigenvalue weighted by Crippen LogP contribution is -2.34. The van der Waals surface area contributed by atoms with Gasteiger partial charge in [-0.05, 0) is 50.9 Å². The van der Waals surface area contributed by atoms with Gasteiger partial charge < -0.3 is 14.8 Å². The van der Waals surface area contributed by atoms with Gasteiger partial charge in [0, 0.05) is 5.56 Å². The molecule has 2 aliphatic heterocycles. The van der Waals surface area contributed by atoms with Crippen molar-refractivity contribution in [1.82, 2.24) is 5.32 Å². The molecular formula is C14H19NO2. The van der Waals surface area contributed by atoms with Crippen LogP contribution >= 0.6 is 0 Å². The molecule has 0 bridgehead atoms. The summed E-state index contributed by atoms with van der Waals surface area (Å²) in [5.74, 6) is 2.05. The van der Waals surface area contributed by atoms with E-state index >= 15 is 0 Å². The third-order valence-electron chi connectivity index (χ3n) is 3.50. The maximum Gasteiger partial charge on any atom is 0.126 e. The first-order valence-electron chi connectivity index (χ1n) is 6.55. The fourth-order valence-electron chi connectivity index (χ4n) is 2.56. The Morgan fingerprint density at radius 2 is 2.12 bits per heavy atom. The van der Waals surface area contributed by atoms with E-state index in [2.05, 4.69) is 11.4 Å². The molecule has 1 fully saturated rings. The second kappa shape index (κ2) is 4.96. The molecule has 0 aliphatic carbocycles. The van der Waals surface area contributed by atoms with Crippen LogP contribution in [-0.2, 0) is 6.42 Å². The predicted octanol–water partition coefficient (Wildman–Crippen LogP) is 2.14. The molecule has 1 aromatic carbocycles. The molecule has 3 nitrogen and oxygen atoms in total. The van der Waals surface area contributed by atoms with Crippen LogP contribution in [0.5, 0.6) is 11.5 Å². The normalized spacial score (nSPS) is 20.5. The predicted molar refractivity (Wildman–Crippen MR) is 66.8 cm³/mol. The van der Waals surface area contributed by atoms with Crippen molar-refractivity contribution in [3.63, 3.8) is 0 Å². The summed E-state index contributed by atoms with van der Waals surface area (Å²) in [6.07, 6.45) is 4.75. The van der Waals surface area contributed by atoms with Gasteiger partial charge in [0.1, 0.15) is 17.6 Å². The molecule has 0 radical (unpaired) electrons. The molecule has 2 aliphatic rings. The maximum atomic E-state index is 6.13. The van der Waals surface area contributed by atoms with Gasteiger partial charge in [-0.3, -0.25) is 0 Å². The first-order valence-corrected chi connectivity index (χ1v) is 6.55. The monoisotopic (exact) mass is 233 g/mol. The molecule has 0 amide bonds. The Labute approximate surface area is 102 Å². The van der Waals surface area contributed by atoms with Crippen LogP contribution in [0.25, 0.3) is 0 Å². The second-order valence-electron chi connectivity index (χ2n) is 4.75. The van der Waals surface area contributed by atoms with Gasteiger partial charge in [0.25, 0.3) is 0 Å². The molecule has 0 unspecified atom stereocenters. The maximum absolute atomic E-state index is 6.13. The first-order chi connectivity index (χ1) is 8.43. The number of hydrogen-bond acceptors (Lipinski definition) is 3. The largest absolute Gasteiger partial charge is 0.493 e. The molecular weight excluding hydrogens is 214 g/mol. The molecule has 1 N–H and O–H groups in total. The molecule has 17 heavy (non-hydrogen) atoms. The number of benzene rings is 1. The SMILES string of the molecule is c1cc2c(c(OC3CCNCC3)c1)CCCO2. The molecule has 0 atom stereocenters. The molecule has 1 aromatic rings. The van der Waals surface area contributed by atoms with Crippen molar-refractivity contribution < 1.29 is 9.47 Å². The zero-order valence-corrected chi connectivity index (χ0v) is 10.1. The Hall–Kier alpha value is -1.22. The zero-order chi connectivity index (χ0) is 11.5. The van der Waals surface area contributed by atoms with Crippen molar-refractivity contribution in [3.8, 4) is 11.5 Å². The van der Waals surface area contributed by atoms with Crippen LogP contribution < -0.4 is 14.8 Å². The van der Waals surface area contributed by atoms with Crippen LogP contribution in [0.1, 0.15) is 24.8 Å². The van der Waals surface area contributed by atoms with Crippen LogP contribution in [0.4, 0.5) is 0 Å². The summed E-state index contributed by atoms with van der Waals surface area (Å²) in [6, 6.07) is 6.15. The zero-order valence-electron chi connectivity index (χ0n) is 10.1. The summed E-state index contributed by atoms with van der Waals surface area (Å²) in [4.78, 5) is 0. The third kappa shape index (κ3) is 2.39. The molecule has 0 aromatic heterocycles.